The molecule has 3 rings (SSSR count). The third-order valence-electron chi connectivity index (χ3n) is 3.16. The molecule has 0 atom stereocenters. The maximum absolute atomic E-state index is 12.1. The van der Waals surface area contributed by atoms with Crippen LogP contribution in [-0.4, -0.2) is 21.1 Å². The summed E-state index contributed by atoms with van der Waals surface area (Å²) < 4.78 is 0. The summed E-state index contributed by atoms with van der Waals surface area (Å²) in [6, 6.07) is 7.49. The number of carbonyl (C=O) groups is 1. The van der Waals surface area contributed by atoms with Gasteiger partial charge in [0.1, 0.15) is 10.0 Å². The van der Waals surface area contributed by atoms with E-state index in [2.05, 4.69) is 27.4 Å². The van der Waals surface area contributed by atoms with Gasteiger partial charge >= 0.3 is 0 Å². The van der Waals surface area contributed by atoms with Gasteiger partial charge < -0.3 is 5.32 Å². The van der Waals surface area contributed by atoms with Crippen LogP contribution in [0.25, 0.3) is 10.6 Å². The molecule has 0 aliphatic carbocycles. The quantitative estimate of drug-likeness (QED) is 0.688. The number of nitrogens with one attached hydrogen (secondary N) is 1. The van der Waals surface area contributed by atoms with Crippen LogP contribution in [0.1, 0.15) is 24.0 Å². The smallest absolute Gasteiger partial charge is 0.232 e. The number of anilines is 1. The maximum atomic E-state index is 12.1. The summed E-state index contributed by atoms with van der Waals surface area (Å²) in [5.41, 5.74) is 1.73. The van der Waals surface area contributed by atoms with Gasteiger partial charge in [-0.2, -0.15) is 0 Å². The Morgan fingerprint density at radius 2 is 2.04 bits per heavy atom. The number of benzene rings is 1. The van der Waals surface area contributed by atoms with Crippen LogP contribution in [0.3, 0.4) is 0 Å². The third-order valence-corrected chi connectivity index (χ3v) is 5.25. The van der Waals surface area contributed by atoms with Crippen LogP contribution in [0.2, 0.25) is 5.02 Å². The second-order valence-electron chi connectivity index (χ2n) is 5.13. The van der Waals surface area contributed by atoms with Gasteiger partial charge in [-0.05, 0) is 18.6 Å². The van der Waals surface area contributed by atoms with Gasteiger partial charge in [0.25, 0.3) is 0 Å². The summed E-state index contributed by atoms with van der Waals surface area (Å²) in [6.45, 7) is 2.08. The number of nitrogens with zero attached hydrogens (tertiary/aromatic N) is 3. The Labute approximate surface area is 152 Å². The lowest BCUT2D eigenvalue weighted by Crippen LogP contribution is -2.14. The van der Waals surface area contributed by atoms with Gasteiger partial charge in [-0.15, -0.1) is 21.5 Å². The normalized spacial score (nSPS) is 10.8. The van der Waals surface area contributed by atoms with Gasteiger partial charge in [-0.3, -0.25) is 4.79 Å². The van der Waals surface area contributed by atoms with Crippen molar-refractivity contribution in [1.82, 2.24) is 15.2 Å². The fraction of sp³-hybridized carbons (Fsp3) is 0.250. The highest BCUT2D eigenvalue weighted by atomic mass is 35.5. The lowest BCUT2D eigenvalue weighted by atomic mass is 10.2. The van der Waals surface area contributed by atoms with Crippen molar-refractivity contribution in [2.24, 2.45) is 0 Å². The molecule has 2 aromatic heterocycles. The van der Waals surface area contributed by atoms with Crippen molar-refractivity contribution in [3.63, 3.8) is 0 Å². The van der Waals surface area contributed by atoms with Gasteiger partial charge in [-0.25, -0.2) is 4.98 Å². The predicted octanol–water partition coefficient (Wildman–Crippen LogP) is 4.45. The molecule has 0 unspecified atom stereocenters. The lowest BCUT2D eigenvalue weighted by molar-refractivity contribution is -0.115. The second kappa shape index (κ2) is 7.83. The Morgan fingerprint density at radius 1 is 1.25 bits per heavy atom. The van der Waals surface area contributed by atoms with Gasteiger partial charge in [0.2, 0.25) is 11.0 Å². The second-order valence-corrected chi connectivity index (χ2v) is 7.48. The molecular weight excluding hydrogens is 364 g/mol. The SMILES string of the molecule is CCCc1nnc(NC(=O)Cc2csc(-c3ccc(Cl)cc3)n2)s1. The number of hydrogen-bond donors (Lipinski definition) is 1. The Kier molecular flexibility index (Phi) is 5.55. The van der Waals surface area contributed by atoms with Crippen molar-refractivity contribution in [1.29, 1.82) is 0 Å². The largest absolute Gasteiger partial charge is 0.300 e. The Hall–Kier alpha value is -1.83. The molecule has 124 valence electrons. The highest BCUT2D eigenvalue weighted by Crippen LogP contribution is 2.25. The molecule has 0 saturated carbocycles. The van der Waals surface area contributed by atoms with E-state index in [9.17, 15) is 4.79 Å². The third kappa shape index (κ3) is 4.37. The van der Waals surface area contributed by atoms with E-state index in [0.29, 0.717) is 10.2 Å². The fourth-order valence-electron chi connectivity index (χ4n) is 2.06. The number of halogens is 1. The standard InChI is InChI=1S/C16H15ClN4OS2/c1-2-3-14-20-21-16(24-14)19-13(22)8-12-9-23-15(18-12)10-4-6-11(17)7-5-10/h4-7,9H,2-3,8H2,1H3,(H,19,21,22). The molecule has 0 aliphatic rings. The number of rotatable bonds is 6. The molecule has 0 aliphatic heterocycles. The zero-order valence-electron chi connectivity index (χ0n) is 13.0. The molecule has 1 amide bonds. The first-order chi connectivity index (χ1) is 11.6. The number of carbonyl (C=O) groups excluding carboxylic acids is 1. The monoisotopic (exact) mass is 378 g/mol. The minimum atomic E-state index is -0.137. The topological polar surface area (TPSA) is 67.8 Å². The molecule has 1 aromatic carbocycles. The predicted molar refractivity (Wildman–Crippen MR) is 98.8 cm³/mol. The summed E-state index contributed by atoms with van der Waals surface area (Å²) in [5, 5.41) is 15.7. The molecule has 3 aromatic rings. The summed E-state index contributed by atoms with van der Waals surface area (Å²) in [6.07, 6.45) is 2.10. The van der Waals surface area contributed by atoms with E-state index in [-0.39, 0.29) is 12.3 Å². The van der Waals surface area contributed by atoms with E-state index in [4.69, 9.17) is 11.6 Å². The van der Waals surface area contributed by atoms with Crippen molar-refractivity contribution in [3.05, 3.63) is 45.4 Å². The van der Waals surface area contributed by atoms with Crippen molar-refractivity contribution < 1.29 is 4.79 Å². The first-order valence-corrected chi connectivity index (χ1v) is 9.54. The van der Waals surface area contributed by atoms with Crippen LogP contribution in [0.15, 0.2) is 29.6 Å². The molecule has 0 saturated heterocycles. The lowest BCUT2D eigenvalue weighted by Gasteiger charge is -1.98. The van der Waals surface area contributed by atoms with Crippen LogP contribution < -0.4 is 5.32 Å². The summed E-state index contributed by atoms with van der Waals surface area (Å²) in [7, 11) is 0. The molecule has 0 radical (unpaired) electrons. The fourth-order valence-corrected chi connectivity index (χ4v) is 3.87. The first kappa shape index (κ1) is 17.0. The summed E-state index contributed by atoms with van der Waals surface area (Å²) >= 11 is 8.81. The zero-order chi connectivity index (χ0) is 16.9. The van der Waals surface area contributed by atoms with Gasteiger partial charge in [0.15, 0.2) is 0 Å². The number of hydrogen-bond acceptors (Lipinski definition) is 6. The van der Waals surface area contributed by atoms with Crippen molar-refractivity contribution >= 4 is 45.3 Å². The number of aryl methyl sites for hydroxylation is 1. The molecule has 2 heterocycles. The average Bonchev–Trinajstić information content (AvgIpc) is 3.18. The zero-order valence-corrected chi connectivity index (χ0v) is 15.3. The van der Waals surface area contributed by atoms with E-state index in [1.54, 1.807) is 0 Å². The van der Waals surface area contributed by atoms with Crippen LogP contribution in [0, 0.1) is 0 Å². The van der Waals surface area contributed by atoms with Crippen molar-refractivity contribution in [3.8, 4) is 10.6 Å². The van der Waals surface area contributed by atoms with E-state index >= 15 is 0 Å². The average molecular weight is 379 g/mol. The minimum Gasteiger partial charge on any atom is -0.300 e. The molecule has 0 fully saturated rings. The summed E-state index contributed by atoms with van der Waals surface area (Å²) in [4.78, 5) is 16.6. The van der Waals surface area contributed by atoms with Crippen LogP contribution in [0.4, 0.5) is 5.13 Å². The van der Waals surface area contributed by atoms with Crippen molar-refractivity contribution in [2.45, 2.75) is 26.2 Å². The first-order valence-electron chi connectivity index (χ1n) is 7.46. The van der Waals surface area contributed by atoms with Gasteiger partial charge in [0, 0.05) is 22.4 Å². The molecule has 5 nitrogen and oxygen atoms in total. The number of aromatic nitrogens is 3. The maximum Gasteiger partial charge on any atom is 0.232 e. The highest BCUT2D eigenvalue weighted by molar-refractivity contribution is 7.15. The Bertz CT molecular complexity index is 829. The van der Waals surface area contributed by atoms with Crippen LogP contribution in [0.5, 0.6) is 0 Å². The summed E-state index contributed by atoms with van der Waals surface area (Å²) in [5.74, 6) is -0.137. The van der Waals surface area contributed by atoms with E-state index in [1.807, 2.05) is 29.6 Å². The minimum absolute atomic E-state index is 0.137. The van der Waals surface area contributed by atoms with E-state index in [1.165, 1.54) is 22.7 Å². The van der Waals surface area contributed by atoms with Gasteiger partial charge in [-0.1, -0.05) is 42.0 Å². The molecule has 0 spiro atoms. The molecule has 0 bridgehead atoms. The number of amides is 1. The molecular formula is C16H15ClN4OS2. The Balaban J connectivity index is 1.61. The van der Waals surface area contributed by atoms with Gasteiger partial charge in [0.05, 0.1) is 12.1 Å². The Morgan fingerprint density at radius 3 is 2.79 bits per heavy atom. The molecule has 1 N–H and O–H groups in total. The molecule has 8 heteroatoms. The molecule has 24 heavy (non-hydrogen) atoms. The van der Waals surface area contributed by atoms with E-state index < -0.39 is 0 Å². The van der Waals surface area contributed by atoms with Crippen molar-refractivity contribution in [2.75, 3.05) is 5.32 Å². The highest BCUT2D eigenvalue weighted by Gasteiger charge is 2.11. The number of thiazole rings is 1. The van der Waals surface area contributed by atoms with Crippen LogP contribution in [-0.2, 0) is 17.6 Å². The van der Waals surface area contributed by atoms with E-state index in [0.717, 1.165) is 34.1 Å². The van der Waals surface area contributed by atoms with Crippen LogP contribution >= 0.6 is 34.3 Å².